The van der Waals surface area contributed by atoms with Crippen molar-refractivity contribution in [3.63, 3.8) is 0 Å². The molecule has 0 saturated carbocycles. The van der Waals surface area contributed by atoms with Gasteiger partial charge in [-0.05, 0) is 31.7 Å². The lowest BCUT2D eigenvalue weighted by molar-refractivity contribution is -0.149. The molecule has 1 fully saturated rings. The molecule has 1 aliphatic rings. The zero-order valence-electron chi connectivity index (χ0n) is 19.6. The van der Waals surface area contributed by atoms with Crippen LogP contribution in [0.25, 0.3) is 0 Å². The summed E-state index contributed by atoms with van der Waals surface area (Å²) in [5.41, 5.74) is 11.5. The third-order valence-corrected chi connectivity index (χ3v) is 5.82. The number of carboxylic acid groups (broad SMARTS) is 1. The number of hydrogen-bond donors (Lipinski definition) is 6. The maximum absolute atomic E-state index is 13.3. The summed E-state index contributed by atoms with van der Waals surface area (Å²) in [6, 6.07) is 4.14. The highest BCUT2D eigenvalue weighted by Gasteiger charge is 2.39. The molecule has 0 aromatic heterocycles. The average Bonchev–Trinajstić information content (AvgIpc) is 3.30. The van der Waals surface area contributed by atoms with E-state index in [9.17, 15) is 34.2 Å². The van der Waals surface area contributed by atoms with Crippen molar-refractivity contribution in [2.24, 2.45) is 11.5 Å². The lowest BCUT2D eigenvalue weighted by atomic mass is 10.0. The number of nitrogens with zero attached hydrogens (tertiary/aromatic N) is 1. The van der Waals surface area contributed by atoms with E-state index in [0.29, 0.717) is 12.8 Å². The Bertz CT molecular complexity index is 924. The van der Waals surface area contributed by atoms with Crippen LogP contribution in [0.4, 0.5) is 0 Å². The summed E-state index contributed by atoms with van der Waals surface area (Å²) in [7, 11) is 0. The van der Waals surface area contributed by atoms with E-state index in [1.807, 2.05) is 0 Å². The largest absolute Gasteiger partial charge is 0.480 e. The first-order valence-corrected chi connectivity index (χ1v) is 11.4. The average molecular weight is 492 g/mol. The Morgan fingerprint density at radius 2 is 1.77 bits per heavy atom. The molecule has 1 saturated heterocycles. The van der Waals surface area contributed by atoms with Crippen LogP contribution in [0.2, 0.25) is 0 Å². The highest BCUT2D eigenvalue weighted by molar-refractivity contribution is 5.94. The van der Waals surface area contributed by atoms with Gasteiger partial charge in [0.25, 0.3) is 0 Å². The Labute approximate surface area is 203 Å². The first-order chi connectivity index (χ1) is 16.5. The second-order valence-electron chi connectivity index (χ2n) is 8.62. The number of nitrogens with two attached hydrogens (primary N) is 2. The van der Waals surface area contributed by atoms with Gasteiger partial charge in [-0.2, -0.15) is 0 Å². The molecule has 0 radical (unpaired) electrons. The lowest BCUT2D eigenvalue weighted by Crippen LogP contribution is -2.60. The molecule has 8 N–H and O–H groups in total. The number of aliphatic carboxylic acids is 1. The second-order valence-corrected chi connectivity index (χ2v) is 8.62. The molecule has 1 aliphatic heterocycles. The van der Waals surface area contributed by atoms with Gasteiger partial charge in [-0.25, -0.2) is 4.79 Å². The molecule has 35 heavy (non-hydrogen) atoms. The van der Waals surface area contributed by atoms with Gasteiger partial charge in [0.2, 0.25) is 23.6 Å². The van der Waals surface area contributed by atoms with Gasteiger partial charge in [-0.1, -0.05) is 30.3 Å². The molecule has 1 aromatic carbocycles. The summed E-state index contributed by atoms with van der Waals surface area (Å²) < 4.78 is 0. The minimum absolute atomic E-state index is 0.0457. The molecule has 0 bridgehead atoms. The van der Waals surface area contributed by atoms with E-state index in [0.717, 1.165) is 5.56 Å². The van der Waals surface area contributed by atoms with Crippen molar-refractivity contribution in [2.75, 3.05) is 6.54 Å². The van der Waals surface area contributed by atoms with Crippen LogP contribution in [0.3, 0.4) is 0 Å². The molecule has 192 valence electrons. The molecule has 0 aliphatic carbocycles. The fraction of sp³-hybridized carbons (Fsp3) is 0.522. The summed E-state index contributed by atoms with van der Waals surface area (Å²) in [4.78, 5) is 62.5. The number of primary amides is 1. The Hall–Kier alpha value is -3.51. The molecule has 1 heterocycles. The molecule has 5 atom stereocenters. The van der Waals surface area contributed by atoms with Gasteiger partial charge in [-0.15, -0.1) is 0 Å². The molecule has 0 spiro atoms. The summed E-state index contributed by atoms with van der Waals surface area (Å²) in [5, 5.41) is 24.5. The van der Waals surface area contributed by atoms with Crippen molar-refractivity contribution in [1.29, 1.82) is 0 Å². The smallest absolute Gasteiger partial charge is 0.326 e. The third kappa shape index (κ3) is 8.04. The van der Waals surface area contributed by atoms with E-state index in [-0.39, 0.29) is 25.8 Å². The maximum Gasteiger partial charge on any atom is 0.326 e. The van der Waals surface area contributed by atoms with Gasteiger partial charge in [-0.3, -0.25) is 19.2 Å². The zero-order valence-corrected chi connectivity index (χ0v) is 19.6. The number of carbonyl (C=O) groups is 5. The fourth-order valence-electron chi connectivity index (χ4n) is 3.89. The number of likely N-dealkylation sites (tertiary alicyclic amines) is 1. The van der Waals surface area contributed by atoms with Crippen LogP contribution in [-0.2, 0) is 30.4 Å². The Morgan fingerprint density at radius 3 is 2.34 bits per heavy atom. The van der Waals surface area contributed by atoms with E-state index in [2.05, 4.69) is 10.6 Å². The highest BCUT2D eigenvalue weighted by Crippen LogP contribution is 2.20. The van der Waals surface area contributed by atoms with Gasteiger partial charge in [0, 0.05) is 19.4 Å². The van der Waals surface area contributed by atoms with E-state index >= 15 is 0 Å². The van der Waals surface area contributed by atoms with E-state index < -0.39 is 59.9 Å². The zero-order chi connectivity index (χ0) is 26.1. The third-order valence-electron chi connectivity index (χ3n) is 5.82. The summed E-state index contributed by atoms with van der Waals surface area (Å²) in [6.45, 7) is 1.52. The topological polar surface area (TPSA) is 205 Å². The standard InChI is InChI=1S/C23H33N5O7/c1-13(29)19(27-20(31)15(24)9-10-18(25)30)21(32)26-16(12-14-6-3-2-4-7-14)22(33)28-11-5-8-17(28)23(34)35/h2-4,6-7,13,15-17,19,29H,5,8-12,24H2,1H3,(H2,25,30)(H,26,32)(H,27,31)(H,34,35). The minimum atomic E-state index is -1.44. The molecular formula is C23H33N5O7. The molecule has 4 amide bonds. The van der Waals surface area contributed by atoms with Crippen LogP contribution in [0.5, 0.6) is 0 Å². The molecule has 5 unspecified atom stereocenters. The van der Waals surface area contributed by atoms with Gasteiger partial charge < -0.3 is 37.2 Å². The number of rotatable bonds is 12. The Balaban J connectivity index is 2.19. The van der Waals surface area contributed by atoms with Gasteiger partial charge in [0.1, 0.15) is 18.1 Å². The van der Waals surface area contributed by atoms with Gasteiger partial charge in [0.15, 0.2) is 0 Å². The first kappa shape index (κ1) is 27.7. The highest BCUT2D eigenvalue weighted by atomic mass is 16.4. The van der Waals surface area contributed by atoms with E-state index in [4.69, 9.17) is 11.5 Å². The molecule has 1 aromatic rings. The Morgan fingerprint density at radius 1 is 1.11 bits per heavy atom. The lowest BCUT2D eigenvalue weighted by Gasteiger charge is -2.29. The predicted molar refractivity (Wildman–Crippen MR) is 124 cm³/mol. The normalized spacial score (nSPS) is 18.7. The second kappa shape index (κ2) is 12.8. The van der Waals surface area contributed by atoms with Crippen LogP contribution in [-0.4, -0.2) is 81.5 Å². The number of nitrogens with one attached hydrogen (secondary N) is 2. The predicted octanol–water partition coefficient (Wildman–Crippen LogP) is -1.75. The van der Waals surface area contributed by atoms with Crippen molar-refractivity contribution in [2.45, 2.75) is 69.3 Å². The summed E-state index contributed by atoms with van der Waals surface area (Å²) >= 11 is 0. The molecule has 12 heteroatoms. The summed E-state index contributed by atoms with van der Waals surface area (Å²) in [6.07, 6.45) is -0.613. The molecule has 12 nitrogen and oxygen atoms in total. The quantitative estimate of drug-likeness (QED) is 0.197. The van der Waals surface area contributed by atoms with Crippen molar-refractivity contribution in [3.8, 4) is 0 Å². The minimum Gasteiger partial charge on any atom is -0.480 e. The maximum atomic E-state index is 13.3. The molecule has 2 rings (SSSR count). The van der Waals surface area contributed by atoms with Gasteiger partial charge >= 0.3 is 5.97 Å². The van der Waals surface area contributed by atoms with Crippen molar-refractivity contribution in [3.05, 3.63) is 35.9 Å². The van der Waals surface area contributed by atoms with Crippen LogP contribution in [0.15, 0.2) is 30.3 Å². The fourth-order valence-corrected chi connectivity index (χ4v) is 3.89. The van der Waals surface area contributed by atoms with Gasteiger partial charge in [0.05, 0.1) is 12.1 Å². The van der Waals surface area contributed by atoms with E-state index in [1.54, 1.807) is 30.3 Å². The number of aliphatic hydroxyl groups is 1. The van der Waals surface area contributed by atoms with Crippen LogP contribution in [0.1, 0.15) is 38.2 Å². The number of aliphatic hydroxyl groups excluding tert-OH is 1. The summed E-state index contributed by atoms with van der Waals surface area (Å²) in [5.74, 6) is -3.94. The number of carbonyl (C=O) groups excluding carboxylic acids is 4. The molecular weight excluding hydrogens is 458 g/mol. The van der Waals surface area contributed by atoms with Crippen molar-refractivity contribution in [1.82, 2.24) is 15.5 Å². The number of benzene rings is 1. The van der Waals surface area contributed by atoms with E-state index in [1.165, 1.54) is 11.8 Å². The van der Waals surface area contributed by atoms with Crippen LogP contribution < -0.4 is 22.1 Å². The van der Waals surface area contributed by atoms with Crippen LogP contribution in [0, 0.1) is 0 Å². The van der Waals surface area contributed by atoms with Crippen molar-refractivity contribution < 1.29 is 34.2 Å². The van der Waals surface area contributed by atoms with Crippen LogP contribution >= 0.6 is 0 Å². The Kier molecular flexibility index (Phi) is 10.2. The number of hydrogen-bond acceptors (Lipinski definition) is 7. The van der Waals surface area contributed by atoms with Crippen molar-refractivity contribution >= 4 is 29.6 Å². The number of carboxylic acids is 1. The first-order valence-electron chi connectivity index (χ1n) is 11.4. The monoisotopic (exact) mass is 491 g/mol. The number of amides is 4. The SMILES string of the molecule is CC(O)C(NC(=O)C(N)CCC(N)=O)C(=O)NC(Cc1ccccc1)C(=O)N1CCCC1C(=O)O.